The van der Waals surface area contributed by atoms with Gasteiger partial charge in [-0.25, -0.2) is 4.98 Å². The summed E-state index contributed by atoms with van der Waals surface area (Å²) in [5.41, 5.74) is 1.10. The number of rotatable bonds is 3. The van der Waals surface area contributed by atoms with E-state index in [0.29, 0.717) is 30.9 Å². The minimum absolute atomic E-state index is 0.145. The van der Waals surface area contributed by atoms with Gasteiger partial charge in [-0.15, -0.1) is 0 Å². The molecule has 0 saturated carbocycles. The van der Waals surface area contributed by atoms with E-state index in [2.05, 4.69) is 39.1 Å². The summed E-state index contributed by atoms with van der Waals surface area (Å²) in [6, 6.07) is 10.8. The number of carbonyl (C=O) groups excluding carboxylic acids is 1. The molecule has 2 bridgehead atoms. The van der Waals surface area contributed by atoms with Crippen molar-refractivity contribution in [3.63, 3.8) is 0 Å². The summed E-state index contributed by atoms with van der Waals surface area (Å²) < 4.78 is 0. The summed E-state index contributed by atoms with van der Waals surface area (Å²) in [5, 5.41) is 0. The zero-order chi connectivity index (χ0) is 18.1. The van der Waals surface area contributed by atoms with Gasteiger partial charge >= 0.3 is 0 Å². The molecule has 3 saturated heterocycles. The fourth-order valence-corrected chi connectivity index (χ4v) is 4.16. The van der Waals surface area contributed by atoms with E-state index in [-0.39, 0.29) is 17.0 Å². The summed E-state index contributed by atoms with van der Waals surface area (Å²) in [6.45, 7) is 5.02. The number of nitrogens with zero attached hydrogens (tertiary/aromatic N) is 3. The van der Waals surface area contributed by atoms with Crippen molar-refractivity contribution in [3.05, 3.63) is 63.8 Å². The number of aromatic nitrogens is 2. The van der Waals surface area contributed by atoms with Crippen LogP contribution < -0.4 is 5.56 Å². The first kappa shape index (κ1) is 17.0. The normalized spacial score (nSPS) is 23.0. The van der Waals surface area contributed by atoms with Crippen LogP contribution in [0.4, 0.5) is 0 Å². The third-order valence-electron chi connectivity index (χ3n) is 5.50. The third-order valence-corrected chi connectivity index (χ3v) is 5.50. The Labute approximate surface area is 152 Å². The molecule has 1 aromatic carbocycles. The average Bonchev–Trinajstić information content (AvgIpc) is 2.94. The first-order valence-corrected chi connectivity index (χ1v) is 9.23. The number of amides is 1. The monoisotopic (exact) mass is 352 g/mol. The van der Waals surface area contributed by atoms with Crippen LogP contribution in [-0.4, -0.2) is 51.4 Å². The van der Waals surface area contributed by atoms with Crippen LogP contribution in [0.5, 0.6) is 0 Å². The van der Waals surface area contributed by atoms with Gasteiger partial charge in [0.15, 0.2) is 0 Å². The van der Waals surface area contributed by atoms with Crippen molar-refractivity contribution in [1.82, 2.24) is 19.8 Å². The van der Waals surface area contributed by atoms with E-state index in [1.807, 2.05) is 11.0 Å². The molecular formula is C20H24N4O2. The van der Waals surface area contributed by atoms with Crippen molar-refractivity contribution in [2.75, 3.05) is 19.6 Å². The molecule has 6 heteroatoms. The molecule has 4 heterocycles. The lowest BCUT2D eigenvalue weighted by molar-refractivity contribution is 0.0733. The van der Waals surface area contributed by atoms with Gasteiger partial charge < -0.3 is 9.88 Å². The molecule has 2 atom stereocenters. The van der Waals surface area contributed by atoms with Crippen LogP contribution in [0.15, 0.2) is 41.3 Å². The Morgan fingerprint density at radius 2 is 2.00 bits per heavy atom. The van der Waals surface area contributed by atoms with Crippen molar-refractivity contribution in [2.24, 2.45) is 5.92 Å². The highest BCUT2D eigenvalue weighted by molar-refractivity contribution is 5.93. The molecule has 2 aromatic rings. The summed E-state index contributed by atoms with van der Waals surface area (Å²) in [4.78, 5) is 36.1. The van der Waals surface area contributed by atoms with Gasteiger partial charge in [0.25, 0.3) is 11.5 Å². The number of aryl methyl sites for hydroxylation is 1. The van der Waals surface area contributed by atoms with Crippen LogP contribution in [-0.2, 0) is 6.54 Å². The van der Waals surface area contributed by atoms with Crippen molar-refractivity contribution in [1.29, 1.82) is 0 Å². The van der Waals surface area contributed by atoms with E-state index in [0.717, 1.165) is 25.9 Å². The van der Waals surface area contributed by atoms with E-state index in [1.165, 1.54) is 11.8 Å². The fraction of sp³-hybridized carbons (Fsp3) is 0.450. The Morgan fingerprint density at radius 3 is 2.77 bits per heavy atom. The number of carbonyl (C=O) groups is 1. The number of fused-ring (bicyclic) bond motifs is 4. The van der Waals surface area contributed by atoms with Gasteiger partial charge in [-0.05, 0) is 31.2 Å². The Kier molecular flexibility index (Phi) is 4.59. The fourth-order valence-electron chi connectivity index (χ4n) is 4.16. The lowest BCUT2D eigenvalue weighted by Gasteiger charge is -2.36. The zero-order valence-electron chi connectivity index (χ0n) is 15.0. The highest BCUT2D eigenvalue weighted by atomic mass is 16.2. The second-order valence-electron chi connectivity index (χ2n) is 7.43. The molecule has 1 N–H and O–H groups in total. The zero-order valence-corrected chi connectivity index (χ0v) is 15.0. The molecule has 1 aromatic heterocycles. The summed E-state index contributed by atoms with van der Waals surface area (Å²) in [5.74, 6) is 0.785. The Morgan fingerprint density at radius 1 is 1.19 bits per heavy atom. The molecule has 3 aliphatic heterocycles. The van der Waals surface area contributed by atoms with Crippen molar-refractivity contribution < 1.29 is 4.79 Å². The molecule has 0 spiro atoms. The van der Waals surface area contributed by atoms with Crippen LogP contribution in [0.25, 0.3) is 0 Å². The molecule has 6 nitrogen and oxygen atoms in total. The lowest BCUT2D eigenvalue weighted by Crippen LogP contribution is -2.44. The number of H-pyrrole nitrogens is 1. The summed E-state index contributed by atoms with van der Waals surface area (Å²) in [7, 11) is 0. The second kappa shape index (κ2) is 7.03. The molecule has 3 aliphatic rings. The summed E-state index contributed by atoms with van der Waals surface area (Å²) >= 11 is 0. The molecule has 0 unspecified atom stereocenters. The largest absolute Gasteiger partial charge is 0.337 e. The first-order chi connectivity index (χ1) is 12.6. The van der Waals surface area contributed by atoms with E-state index in [9.17, 15) is 9.59 Å². The Balaban J connectivity index is 1.52. The maximum atomic E-state index is 12.9. The van der Waals surface area contributed by atoms with E-state index in [4.69, 9.17) is 0 Å². The molecule has 3 fully saturated rings. The number of benzene rings is 1. The van der Waals surface area contributed by atoms with Crippen LogP contribution >= 0.6 is 0 Å². The molecule has 0 radical (unpaired) electrons. The van der Waals surface area contributed by atoms with Crippen LogP contribution in [0, 0.1) is 12.8 Å². The minimum Gasteiger partial charge on any atom is -0.337 e. The molecule has 5 rings (SSSR count). The second-order valence-corrected chi connectivity index (χ2v) is 7.43. The number of hydrogen-bond donors (Lipinski definition) is 1. The van der Waals surface area contributed by atoms with Gasteiger partial charge in [-0.1, -0.05) is 30.3 Å². The van der Waals surface area contributed by atoms with Gasteiger partial charge in [-0.3, -0.25) is 14.5 Å². The van der Waals surface area contributed by atoms with Crippen LogP contribution in [0.1, 0.15) is 34.6 Å². The quantitative estimate of drug-likeness (QED) is 0.915. The van der Waals surface area contributed by atoms with Crippen LogP contribution in [0.3, 0.4) is 0 Å². The van der Waals surface area contributed by atoms with Crippen LogP contribution in [0.2, 0.25) is 0 Å². The molecule has 0 aliphatic carbocycles. The third kappa shape index (κ3) is 3.42. The van der Waals surface area contributed by atoms with Crippen molar-refractivity contribution in [2.45, 2.75) is 32.4 Å². The van der Waals surface area contributed by atoms with E-state index >= 15 is 0 Å². The highest BCUT2D eigenvalue weighted by Crippen LogP contribution is 2.29. The highest BCUT2D eigenvalue weighted by Gasteiger charge is 2.37. The molecular weight excluding hydrogens is 328 g/mol. The summed E-state index contributed by atoms with van der Waals surface area (Å²) in [6.07, 6.45) is 3.65. The van der Waals surface area contributed by atoms with Gasteiger partial charge in [0.2, 0.25) is 0 Å². The Bertz CT molecular complexity index is 848. The van der Waals surface area contributed by atoms with Crippen molar-refractivity contribution in [3.8, 4) is 0 Å². The number of hydrogen-bond acceptors (Lipinski definition) is 4. The maximum absolute atomic E-state index is 12.9. The predicted octanol–water partition coefficient (Wildman–Crippen LogP) is 1.81. The topological polar surface area (TPSA) is 69.3 Å². The molecule has 26 heavy (non-hydrogen) atoms. The van der Waals surface area contributed by atoms with Gasteiger partial charge in [0.1, 0.15) is 11.4 Å². The molecule has 136 valence electrons. The van der Waals surface area contributed by atoms with Gasteiger partial charge in [0.05, 0.1) is 0 Å². The molecule has 1 amide bonds. The standard InChI is InChI=1S/C20H24N4O2/c1-14-21-9-18(19(25)22-14)20(26)24-12-16-7-8-17(13-24)23(11-16)10-15-5-3-2-4-6-15/h2-6,9,16-17H,7-8,10-13H2,1H3,(H,21,22,25)/t16-,17-/m1/s1. The predicted molar refractivity (Wildman–Crippen MR) is 98.9 cm³/mol. The number of piperidine rings is 1. The number of nitrogens with one attached hydrogen (secondary N) is 1. The van der Waals surface area contributed by atoms with E-state index < -0.39 is 0 Å². The average molecular weight is 352 g/mol. The maximum Gasteiger partial charge on any atom is 0.263 e. The smallest absolute Gasteiger partial charge is 0.263 e. The van der Waals surface area contributed by atoms with Gasteiger partial charge in [-0.2, -0.15) is 0 Å². The Hall–Kier alpha value is -2.47. The first-order valence-electron chi connectivity index (χ1n) is 9.23. The lowest BCUT2D eigenvalue weighted by atomic mass is 9.94. The SMILES string of the molecule is Cc1ncc(C(=O)N2C[C@@H]3CC[C@H](C2)N(Cc2ccccc2)C3)c(=O)[nH]1. The van der Waals surface area contributed by atoms with Crippen molar-refractivity contribution >= 4 is 5.91 Å². The van der Waals surface area contributed by atoms with Gasteiger partial charge in [0, 0.05) is 38.4 Å². The number of aromatic amines is 1. The van der Waals surface area contributed by atoms with E-state index in [1.54, 1.807) is 6.92 Å². The minimum atomic E-state index is -0.347.